The molecule has 152 valence electrons. The lowest BCUT2D eigenvalue weighted by atomic mass is 10.2. The third-order valence-electron chi connectivity index (χ3n) is 5.09. The van der Waals surface area contributed by atoms with E-state index >= 15 is 0 Å². The van der Waals surface area contributed by atoms with Crippen LogP contribution >= 0.6 is 0 Å². The van der Waals surface area contributed by atoms with Crippen molar-refractivity contribution in [2.24, 2.45) is 0 Å². The Labute approximate surface area is 167 Å². The van der Waals surface area contributed by atoms with Gasteiger partial charge >= 0.3 is 0 Å². The van der Waals surface area contributed by atoms with Gasteiger partial charge in [-0.3, -0.25) is 9.62 Å². The van der Waals surface area contributed by atoms with Crippen molar-refractivity contribution in [3.63, 3.8) is 0 Å². The molecule has 8 heteroatoms. The van der Waals surface area contributed by atoms with Crippen LogP contribution in [0.3, 0.4) is 0 Å². The predicted molar refractivity (Wildman–Crippen MR) is 112 cm³/mol. The summed E-state index contributed by atoms with van der Waals surface area (Å²) in [6.45, 7) is 10.3. The van der Waals surface area contributed by atoms with Crippen LogP contribution < -0.4 is 9.62 Å². The summed E-state index contributed by atoms with van der Waals surface area (Å²) in [4.78, 5) is 13.6. The second kappa shape index (κ2) is 8.87. The topological polar surface area (TPSA) is 78.4 Å². The first-order chi connectivity index (χ1) is 13.4. The van der Waals surface area contributed by atoms with Crippen LogP contribution in [0.2, 0.25) is 0 Å². The van der Waals surface area contributed by atoms with Gasteiger partial charge in [0.05, 0.1) is 23.0 Å². The molecule has 0 radical (unpaired) electrons. The normalized spacial score (nSPS) is 18.2. The predicted octanol–water partition coefficient (Wildman–Crippen LogP) is 2.76. The molecule has 1 aromatic heterocycles. The van der Waals surface area contributed by atoms with Gasteiger partial charge in [0.25, 0.3) is 10.0 Å². The number of aryl methyl sites for hydroxylation is 1. The first-order valence-electron chi connectivity index (χ1n) is 9.85. The van der Waals surface area contributed by atoms with Crippen LogP contribution in [0.15, 0.2) is 41.6 Å². The third kappa shape index (κ3) is 4.80. The van der Waals surface area contributed by atoms with E-state index in [2.05, 4.69) is 38.3 Å². The van der Waals surface area contributed by atoms with Crippen LogP contribution in [0.5, 0.6) is 0 Å². The van der Waals surface area contributed by atoms with Gasteiger partial charge in [-0.1, -0.05) is 26.0 Å². The van der Waals surface area contributed by atoms with Crippen molar-refractivity contribution in [1.29, 1.82) is 0 Å². The lowest BCUT2D eigenvalue weighted by Gasteiger charge is -2.39. The number of sulfonamides is 1. The molecule has 1 N–H and O–H groups in total. The monoisotopic (exact) mass is 403 g/mol. The summed E-state index contributed by atoms with van der Waals surface area (Å²) in [7, 11) is -3.65. The maximum atomic E-state index is 12.5. The number of nitrogens with zero attached hydrogens (tertiary/aromatic N) is 4. The van der Waals surface area contributed by atoms with Crippen molar-refractivity contribution in [3.05, 3.63) is 42.2 Å². The molecular formula is C20H29N5O2S. The highest BCUT2D eigenvalue weighted by Crippen LogP contribution is 2.19. The van der Waals surface area contributed by atoms with Gasteiger partial charge < -0.3 is 4.90 Å². The molecule has 0 aliphatic carbocycles. The van der Waals surface area contributed by atoms with Crippen LogP contribution in [-0.2, 0) is 16.4 Å². The molecular weight excluding hydrogens is 374 g/mol. The second-order valence-electron chi connectivity index (χ2n) is 7.21. The summed E-state index contributed by atoms with van der Waals surface area (Å²) in [6.07, 6.45) is 5.08. The quantitative estimate of drug-likeness (QED) is 0.766. The lowest BCUT2D eigenvalue weighted by Crippen LogP contribution is -2.52. The molecule has 1 aromatic carbocycles. The zero-order valence-electron chi connectivity index (χ0n) is 16.8. The van der Waals surface area contributed by atoms with Crippen molar-refractivity contribution < 1.29 is 8.42 Å². The van der Waals surface area contributed by atoms with Gasteiger partial charge in [0, 0.05) is 25.7 Å². The van der Waals surface area contributed by atoms with Gasteiger partial charge in [-0.25, -0.2) is 18.4 Å². The molecule has 1 fully saturated rings. The molecule has 3 rings (SSSR count). The van der Waals surface area contributed by atoms with Gasteiger partial charge in [-0.2, -0.15) is 0 Å². The van der Waals surface area contributed by atoms with E-state index in [9.17, 15) is 8.42 Å². The lowest BCUT2D eigenvalue weighted by molar-refractivity contribution is 0.189. The van der Waals surface area contributed by atoms with Crippen molar-refractivity contribution in [3.8, 4) is 0 Å². The molecule has 7 nitrogen and oxygen atoms in total. The largest absolute Gasteiger partial charge is 0.338 e. The standard InChI is InChI=1S/C20H29N5O2S/c1-4-10-24-11-12-25(15-16(24)3)20-21-13-18(14-22-20)23-28(26,27)19-8-6-17(5-2)7-9-19/h6-9,13-14,16,23H,4-5,10-12,15H2,1-3H3/t16-/m0/s1. The molecule has 28 heavy (non-hydrogen) atoms. The van der Waals surface area contributed by atoms with E-state index in [1.54, 1.807) is 12.1 Å². The van der Waals surface area contributed by atoms with E-state index in [1.165, 1.54) is 12.4 Å². The highest BCUT2D eigenvalue weighted by molar-refractivity contribution is 7.92. The molecule has 1 aliphatic heterocycles. The molecule has 1 aliphatic rings. The average Bonchev–Trinajstić information content (AvgIpc) is 2.70. The van der Waals surface area contributed by atoms with Gasteiger partial charge in [-0.15, -0.1) is 0 Å². The Morgan fingerprint density at radius 3 is 2.36 bits per heavy atom. The van der Waals surface area contributed by atoms with Crippen molar-refractivity contribution in [2.75, 3.05) is 35.8 Å². The third-order valence-corrected chi connectivity index (χ3v) is 6.49. The van der Waals surface area contributed by atoms with Crippen molar-refractivity contribution in [2.45, 2.75) is 44.6 Å². The first kappa shape index (κ1) is 20.5. The molecule has 1 atom stereocenters. The van der Waals surface area contributed by atoms with Crippen molar-refractivity contribution >= 4 is 21.7 Å². The molecule has 2 heterocycles. The fraction of sp³-hybridized carbons (Fsp3) is 0.500. The molecule has 2 aromatic rings. The summed E-state index contributed by atoms with van der Waals surface area (Å²) in [6, 6.07) is 7.34. The van der Waals surface area contributed by atoms with Crippen LogP contribution in [0, 0.1) is 0 Å². The molecule has 0 unspecified atom stereocenters. The van der Waals surface area contributed by atoms with Crippen LogP contribution in [0.4, 0.5) is 11.6 Å². The molecule has 0 amide bonds. The van der Waals surface area contributed by atoms with Crippen molar-refractivity contribution in [1.82, 2.24) is 14.9 Å². The smallest absolute Gasteiger partial charge is 0.261 e. The van der Waals surface area contributed by atoms with E-state index in [4.69, 9.17) is 0 Å². The van der Waals surface area contributed by atoms with E-state index in [0.29, 0.717) is 17.7 Å². The van der Waals surface area contributed by atoms with Gasteiger partial charge in [-0.05, 0) is 44.0 Å². The number of benzene rings is 1. The molecule has 1 saturated heterocycles. The average molecular weight is 404 g/mol. The van der Waals surface area contributed by atoms with Gasteiger partial charge in [0.2, 0.25) is 5.95 Å². The highest BCUT2D eigenvalue weighted by atomic mass is 32.2. The number of piperazine rings is 1. The van der Waals surface area contributed by atoms with Crippen LogP contribution in [0.1, 0.15) is 32.8 Å². The first-order valence-corrected chi connectivity index (χ1v) is 11.3. The molecule has 0 spiro atoms. The summed E-state index contributed by atoms with van der Waals surface area (Å²) in [5, 5.41) is 0. The Balaban J connectivity index is 1.65. The van der Waals surface area contributed by atoms with Gasteiger partial charge in [0.1, 0.15) is 0 Å². The maximum absolute atomic E-state index is 12.5. The Morgan fingerprint density at radius 1 is 1.11 bits per heavy atom. The Bertz CT molecular complexity index is 868. The van der Waals surface area contributed by atoms with E-state index < -0.39 is 10.0 Å². The zero-order valence-corrected chi connectivity index (χ0v) is 17.6. The maximum Gasteiger partial charge on any atom is 0.261 e. The van der Waals surface area contributed by atoms with E-state index in [1.807, 2.05) is 19.1 Å². The van der Waals surface area contributed by atoms with E-state index in [-0.39, 0.29) is 4.90 Å². The SMILES string of the molecule is CCCN1CCN(c2ncc(NS(=O)(=O)c3ccc(CC)cc3)cn2)C[C@@H]1C. The second-order valence-corrected chi connectivity index (χ2v) is 8.89. The van der Waals surface area contributed by atoms with Crippen LogP contribution in [-0.4, -0.2) is 55.5 Å². The minimum Gasteiger partial charge on any atom is -0.338 e. The summed E-state index contributed by atoms with van der Waals surface area (Å²) >= 11 is 0. The highest BCUT2D eigenvalue weighted by Gasteiger charge is 2.24. The summed E-state index contributed by atoms with van der Waals surface area (Å²) < 4.78 is 27.6. The fourth-order valence-corrected chi connectivity index (χ4v) is 4.48. The zero-order chi connectivity index (χ0) is 20.1. The molecule has 0 saturated carbocycles. The number of hydrogen-bond donors (Lipinski definition) is 1. The number of nitrogens with one attached hydrogen (secondary N) is 1. The van der Waals surface area contributed by atoms with Crippen LogP contribution in [0.25, 0.3) is 0 Å². The Hall–Kier alpha value is -2.19. The fourth-order valence-electron chi connectivity index (χ4n) is 3.45. The number of anilines is 2. The molecule has 0 bridgehead atoms. The van der Waals surface area contributed by atoms with E-state index in [0.717, 1.165) is 44.6 Å². The number of hydrogen-bond acceptors (Lipinski definition) is 6. The van der Waals surface area contributed by atoms with Gasteiger partial charge in [0.15, 0.2) is 0 Å². The number of aromatic nitrogens is 2. The Kier molecular flexibility index (Phi) is 6.51. The minimum atomic E-state index is -3.65. The minimum absolute atomic E-state index is 0.231. The summed E-state index contributed by atoms with van der Waals surface area (Å²) in [5.74, 6) is 0.637. The number of rotatable bonds is 7. The Morgan fingerprint density at radius 2 is 1.79 bits per heavy atom. The summed E-state index contributed by atoms with van der Waals surface area (Å²) in [5.41, 5.74) is 1.46.